The molecule has 1 aromatic heterocycles. The number of hydrogen-bond donors (Lipinski definition) is 2. The fraction of sp³-hybridized carbons (Fsp3) is 0.615. The van der Waals surface area contributed by atoms with Crippen molar-refractivity contribution >= 4 is 17.2 Å². The van der Waals surface area contributed by atoms with Crippen LogP contribution in [0.15, 0.2) is 12.1 Å². The number of rotatable bonds is 5. The molecule has 1 saturated heterocycles. The Bertz CT molecular complexity index is 386. The topological polar surface area (TPSA) is 50.4 Å². The van der Waals surface area contributed by atoms with Crippen LogP contribution < -0.4 is 10.6 Å². The van der Waals surface area contributed by atoms with E-state index in [4.69, 9.17) is 4.74 Å². The van der Waals surface area contributed by atoms with Gasteiger partial charge in [-0.25, -0.2) is 0 Å². The molecule has 0 aromatic carbocycles. The van der Waals surface area contributed by atoms with Crippen LogP contribution in [0.25, 0.3) is 0 Å². The summed E-state index contributed by atoms with van der Waals surface area (Å²) in [5, 5.41) is 6.15. The molecule has 100 valence electrons. The maximum Gasteiger partial charge on any atom is 0.246 e. The highest BCUT2D eigenvalue weighted by Gasteiger charge is 2.14. The zero-order valence-corrected chi connectivity index (χ0v) is 11.5. The Morgan fingerprint density at radius 3 is 2.94 bits per heavy atom. The normalized spacial score (nSPS) is 16.7. The van der Waals surface area contributed by atoms with Crippen molar-refractivity contribution in [1.29, 1.82) is 0 Å². The van der Waals surface area contributed by atoms with Gasteiger partial charge in [-0.2, -0.15) is 0 Å². The van der Waals surface area contributed by atoms with E-state index < -0.39 is 0 Å². The van der Waals surface area contributed by atoms with Crippen molar-refractivity contribution in [1.82, 2.24) is 10.6 Å². The minimum absolute atomic E-state index is 0.0282. The van der Waals surface area contributed by atoms with Gasteiger partial charge in [-0.3, -0.25) is 4.79 Å². The van der Waals surface area contributed by atoms with Gasteiger partial charge in [0, 0.05) is 9.75 Å². The summed E-state index contributed by atoms with van der Waals surface area (Å²) < 4.78 is 5.59. The lowest BCUT2D eigenvalue weighted by molar-refractivity contribution is -0.128. The molecule has 0 unspecified atom stereocenters. The molecule has 0 radical (unpaired) electrons. The van der Waals surface area contributed by atoms with Crippen molar-refractivity contribution in [2.24, 2.45) is 0 Å². The minimum atomic E-state index is -0.0282. The monoisotopic (exact) mass is 268 g/mol. The predicted octanol–water partition coefficient (Wildman–Crippen LogP) is 1.44. The van der Waals surface area contributed by atoms with Crippen molar-refractivity contribution in [2.75, 3.05) is 19.7 Å². The van der Waals surface area contributed by atoms with Crippen molar-refractivity contribution in [3.63, 3.8) is 0 Å². The Balaban J connectivity index is 1.62. The van der Waals surface area contributed by atoms with E-state index >= 15 is 0 Å². The molecule has 1 amide bonds. The molecule has 0 atom stereocenters. The summed E-state index contributed by atoms with van der Waals surface area (Å²) in [7, 11) is 0. The molecule has 0 aliphatic carbocycles. The summed E-state index contributed by atoms with van der Waals surface area (Å²) in [5.41, 5.74) is 0. The summed E-state index contributed by atoms with van der Waals surface area (Å²) in [6.07, 6.45) is 2.23. The second-order valence-electron chi connectivity index (χ2n) is 4.55. The third kappa shape index (κ3) is 4.40. The van der Waals surface area contributed by atoms with Gasteiger partial charge < -0.3 is 15.4 Å². The molecule has 18 heavy (non-hydrogen) atoms. The Labute approximate surface area is 112 Å². The Kier molecular flexibility index (Phi) is 5.16. The lowest BCUT2D eigenvalue weighted by Gasteiger charge is -2.22. The molecule has 2 N–H and O–H groups in total. The molecular formula is C13H20N2O2S. The smallest absolute Gasteiger partial charge is 0.246 e. The zero-order valence-electron chi connectivity index (χ0n) is 10.7. The van der Waals surface area contributed by atoms with Crippen LogP contribution in [0.1, 0.15) is 22.6 Å². The van der Waals surface area contributed by atoms with E-state index in [9.17, 15) is 4.79 Å². The zero-order chi connectivity index (χ0) is 12.8. The van der Waals surface area contributed by atoms with Crippen LogP contribution in [0.3, 0.4) is 0 Å². The van der Waals surface area contributed by atoms with E-state index in [-0.39, 0.29) is 18.6 Å². The molecule has 2 heterocycles. The van der Waals surface area contributed by atoms with E-state index in [1.54, 1.807) is 11.3 Å². The van der Waals surface area contributed by atoms with Crippen molar-refractivity contribution < 1.29 is 9.53 Å². The third-order valence-electron chi connectivity index (χ3n) is 2.99. The standard InChI is InChI=1S/C13H20N2O2S/c1-10-2-3-12(18-10)8-15-13(16)9-17-11-4-6-14-7-5-11/h2-3,11,14H,4-9H2,1H3,(H,15,16). The Hall–Kier alpha value is -0.910. The molecule has 0 saturated carbocycles. The maximum absolute atomic E-state index is 11.6. The quantitative estimate of drug-likeness (QED) is 0.849. The first-order valence-electron chi connectivity index (χ1n) is 6.38. The largest absolute Gasteiger partial charge is 0.368 e. The molecule has 5 heteroatoms. The molecule has 0 bridgehead atoms. The number of carbonyl (C=O) groups excluding carboxylic acids is 1. The fourth-order valence-corrected chi connectivity index (χ4v) is 2.80. The van der Waals surface area contributed by atoms with Crippen LogP contribution in [0.5, 0.6) is 0 Å². The second-order valence-corrected chi connectivity index (χ2v) is 5.92. The molecule has 1 aliphatic rings. The van der Waals surface area contributed by atoms with Crippen LogP contribution in [0.2, 0.25) is 0 Å². The number of piperidine rings is 1. The second kappa shape index (κ2) is 6.87. The van der Waals surface area contributed by atoms with Gasteiger partial charge in [0.05, 0.1) is 12.6 Å². The summed E-state index contributed by atoms with van der Waals surface area (Å²) >= 11 is 1.71. The number of hydrogen-bond acceptors (Lipinski definition) is 4. The molecule has 2 rings (SSSR count). The predicted molar refractivity (Wildman–Crippen MR) is 72.7 cm³/mol. The summed E-state index contributed by atoms with van der Waals surface area (Å²) in [6, 6.07) is 4.12. The summed E-state index contributed by atoms with van der Waals surface area (Å²) in [4.78, 5) is 14.1. The molecule has 4 nitrogen and oxygen atoms in total. The number of nitrogens with one attached hydrogen (secondary N) is 2. The van der Waals surface area contributed by atoms with Gasteiger partial charge in [-0.1, -0.05) is 0 Å². The number of aryl methyl sites for hydroxylation is 1. The van der Waals surface area contributed by atoms with Crippen LogP contribution in [-0.4, -0.2) is 31.7 Å². The van der Waals surface area contributed by atoms with Crippen molar-refractivity contribution in [3.8, 4) is 0 Å². The number of thiophene rings is 1. The highest BCUT2D eigenvalue weighted by Crippen LogP contribution is 2.14. The van der Waals surface area contributed by atoms with Gasteiger partial charge >= 0.3 is 0 Å². The van der Waals surface area contributed by atoms with Crippen LogP contribution in [-0.2, 0) is 16.1 Å². The lowest BCUT2D eigenvalue weighted by Crippen LogP contribution is -2.35. The van der Waals surface area contributed by atoms with Crippen molar-refractivity contribution in [2.45, 2.75) is 32.4 Å². The Morgan fingerprint density at radius 1 is 1.50 bits per heavy atom. The van der Waals surface area contributed by atoms with Gasteiger partial charge in [0.25, 0.3) is 0 Å². The van der Waals surface area contributed by atoms with Crippen LogP contribution in [0, 0.1) is 6.92 Å². The summed E-state index contributed by atoms with van der Waals surface area (Å²) in [5.74, 6) is -0.0282. The lowest BCUT2D eigenvalue weighted by atomic mass is 10.1. The first kappa shape index (κ1) is 13.5. The SMILES string of the molecule is Cc1ccc(CNC(=O)COC2CCNCC2)s1. The van der Waals surface area contributed by atoms with Gasteiger partial charge in [0.1, 0.15) is 6.61 Å². The first-order chi connectivity index (χ1) is 8.74. The average molecular weight is 268 g/mol. The first-order valence-corrected chi connectivity index (χ1v) is 7.20. The Morgan fingerprint density at radius 2 is 2.28 bits per heavy atom. The van der Waals surface area contributed by atoms with Gasteiger partial charge in [0.15, 0.2) is 0 Å². The highest BCUT2D eigenvalue weighted by atomic mass is 32.1. The van der Waals surface area contributed by atoms with E-state index in [1.165, 1.54) is 9.75 Å². The molecule has 0 spiro atoms. The maximum atomic E-state index is 11.6. The summed E-state index contributed by atoms with van der Waals surface area (Å²) in [6.45, 7) is 4.82. The third-order valence-corrected chi connectivity index (χ3v) is 3.99. The van der Waals surface area contributed by atoms with E-state index in [1.807, 2.05) is 6.07 Å². The van der Waals surface area contributed by atoms with Gasteiger partial charge in [-0.05, 0) is 45.0 Å². The van der Waals surface area contributed by atoms with E-state index in [0.29, 0.717) is 6.54 Å². The van der Waals surface area contributed by atoms with E-state index in [0.717, 1.165) is 25.9 Å². The fourth-order valence-electron chi connectivity index (χ4n) is 1.97. The number of carbonyl (C=O) groups is 1. The van der Waals surface area contributed by atoms with Crippen molar-refractivity contribution in [3.05, 3.63) is 21.9 Å². The van der Waals surface area contributed by atoms with Crippen LogP contribution in [0.4, 0.5) is 0 Å². The highest BCUT2D eigenvalue weighted by molar-refractivity contribution is 7.11. The molecule has 1 fully saturated rings. The van der Waals surface area contributed by atoms with Gasteiger partial charge in [-0.15, -0.1) is 11.3 Å². The molecular weight excluding hydrogens is 248 g/mol. The van der Waals surface area contributed by atoms with Gasteiger partial charge in [0.2, 0.25) is 5.91 Å². The van der Waals surface area contributed by atoms with E-state index in [2.05, 4.69) is 23.6 Å². The average Bonchev–Trinajstić information content (AvgIpc) is 2.81. The minimum Gasteiger partial charge on any atom is -0.368 e. The number of ether oxygens (including phenoxy) is 1. The number of amides is 1. The van der Waals surface area contributed by atoms with Crippen LogP contribution >= 0.6 is 11.3 Å². The molecule has 1 aromatic rings. The molecule has 1 aliphatic heterocycles.